The molecule has 0 bridgehead atoms. The van der Waals surface area contributed by atoms with Gasteiger partial charge in [-0.05, 0) is 56.6 Å². The van der Waals surface area contributed by atoms with Crippen molar-refractivity contribution in [3.8, 4) is 0 Å². The van der Waals surface area contributed by atoms with Gasteiger partial charge in [-0.1, -0.05) is 6.92 Å². The van der Waals surface area contributed by atoms with Crippen LogP contribution in [0.2, 0.25) is 0 Å². The van der Waals surface area contributed by atoms with E-state index in [9.17, 15) is 0 Å². The summed E-state index contributed by atoms with van der Waals surface area (Å²) in [5.41, 5.74) is 1.95. The van der Waals surface area contributed by atoms with Gasteiger partial charge in [-0.25, -0.2) is 0 Å². The molecule has 3 nitrogen and oxygen atoms in total. The van der Waals surface area contributed by atoms with Gasteiger partial charge in [0.15, 0.2) is 0 Å². The number of hydrogen-bond acceptors (Lipinski definition) is 2. The molecule has 1 aromatic heterocycles. The predicted molar refractivity (Wildman–Crippen MR) is 71.0 cm³/mol. The van der Waals surface area contributed by atoms with E-state index in [1.54, 1.807) is 0 Å². The summed E-state index contributed by atoms with van der Waals surface area (Å²) in [6.45, 7) is 5.73. The monoisotopic (exact) mass is 235 g/mol. The minimum atomic E-state index is 0.574. The number of aryl methyl sites for hydroxylation is 2. The number of nitrogens with zero attached hydrogens (tertiary/aromatic N) is 2. The molecule has 1 N–H and O–H groups in total. The number of rotatable bonds is 7. The lowest BCUT2D eigenvalue weighted by Gasteiger charge is -2.24. The summed E-state index contributed by atoms with van der Waals surface area (Å²) in [4.78, 5) is 0. The normalized spacial score (nSPS) is 19.2. The highest BCUT2D eigenvalue weighted by Gasteiger charge is 2.46. The molecule has 0 radical (unpaired) electrons. The Labute approximate surface area is 105 Å². The molecule has 1 heterocycles. The Morgan fingerprint density at radius 1 is 1.53 bits per heavy atom. The summed E-state index contributed by atoms with van der Waals surface area (Å²) in [5, 5.41) is 7.89. The summed E-state index contributed by atoms with van der Waals surface area (Å²) in [6.07, 6.45) is 10.6. The maximum atomic E-state index is 4.23. The standard InChI is InChI=1S/C14H25N3/c1-4-9-15-12(2)14(7-8-14)6-5-13-10-16-17(3)11-13/h10-12,15H,4-9H2,1-3H3. The topological polar surface area (TPSA) is 29.9 Å². The molecule has 17 heavy (non-hydrogen) atoms. The van der Waals surface area contributed by atoms with Crippen molar-refractivity contribution in [2.45, 2.75) is 52.0 Å². The van der Waals surface area contributed by atoms with Gasteiger partial charge in [0.25, 0.3) is 0 Å². The van der Waals surface area contributed by atoms with E-state index < -0.39 is 0 Å². The first-order valence-electron chi connectivity index (χ1n) is 6.87. The van der Waals surface area contributed by atoms with Crippen LogP contribution in [-0.2, 0) is 13.5 Å². The molecule has 1 saturated carbocycles. The van der Waals surface area contributed by atoms with Gasteiger partial charge in [0.05, 0.1) is 6.20 Å². The van der Waals surface area contributed by atoms with E-state index >= 15 is 0 Å². The first-order chi connectivity index (χ1) is 8.16. The second-order valence-electron chi connectivity index (χ2n) is 5.56. The van der Waals surface area contributed by atoms with Gasteiger partial charge < -0.3 is 5.32 Å². The molecule has 0 aromatic carbocycles. The third-order valence-corrected chi connectivity index (χ3v) is 4.18. The van der Waals surface area contributed by atoms with Crippen LogP contribution in [0.5, 0.6) is 0 Å². The van der Waals surface area contributed by atoms with Gasteiger partial charge in [-0.2, -0.15) is 5.10 Å². The molecule has 0 aliphatic heterocycles. The smallest absolute Gasteiger partial charge is 0.0521 e. The fourth-order valence-corrected chi connectivity index (χ4v) is 2.63. The van der Waals surface area contributed by atoms with Gasteiger partial charge in [0, 0.05) is 19.3 Å². The lowest BCUT2D eigenvalue weighted by atomic mass is 9.91. The number of hydrogen-bond donors (Lipinski definition) is 1. The summed E-state index contributed by atoms with van der Waals surface area (Å²) in [6, 6.07) is 0.666. The Kier molecular flexibility index (Phi) is 3.87. The maximum absolute atomic E-state index is 4.23. The van der Waals surface area contributed by atoms with E-state index in [1.165, 1.54) is 37.7 Å². The van der Waals surface area contributed by atoms with Crippen molar-refractivity contribution in [1.82, 2.24) is 15.1 Å². The van der Waals surface area contributed by atoms with Crippen molar-refractivity contribution in [3.63, 3.8) is 0 Å². The van der Waals surface area contributed by atoms with Gasteiger partial charge in [0.1, 0.15) is 0 Å². The highest BCUT2D eigenvalue weighted by atomic mass is 15.2. The second kappa shape index (κ2) is 5.21. The van der Waals surface area contributed by atoms with Crippen molar-refractivity contribution in [2.24, 2.45) is 12.5 Å². The van der Waals surface area contributed by atoms with Crippen LogP contribution in [0.1, 0.15) is 45.1 Å². The highest BCUT2D eigenvalue weighted by Crippen LogP contribution is 2.52. The zero-order chi connectivity index (χ0) is 12.3. The van der Waals surface area contributed by atoms with Crippen LogP contribution in [0.4, 0.5) is 0 Å². The lowest BCUT2D eigenvalue weighted by Crippen LogP contribution is -2.35. The van der Waals surface area contributed by atoms with E-state index in [0.717, 1.165) is 6.54 Å². The van der Waals surface area contributed by atoms with Gasteiger partial charge >= 0.3 is 0 Å². The van der Waals surface area contributed by atoms with E-state index in [0.29, 0.717) is 11.5 Å². The minimum Gasteiger partial charge on any atom is -0.314 e. The number of aromatic nitrogens is 2. The van der Waals surface area contributed by atoms with Crippen molar-refractivity contribution < 1.29 is 0 Å². The van der Waals surface area contributed by atoms with Gasteiger partial charge in [-0.3, -0.25) is 4.68 Å². The van der Waals surface area contributed by atoms with Crippen molar-refractivity contribution in [3.05, 3.63) is 18.0 Å². The van der Waals surface area contributed by atoms with Crippen LogP contribution < -0.4 is 5.32 Å². The van der Waals surface area contributed by atoms with Gasteiger partial charge in [0.2, 0.25) is 0 Å². The predicted octanol–water partition coefficient (Wildman–Crippen LogP) is 2.52. The molecular formula is C14H25N3. The Morgan fingerprint density at radius 2 is 2.29 bits per heavy atom. The molecule has 0 amide bonds. The summed E-state index contributed by atoms with van der Waals surface area (Å²) >= 11 is 0. The molecule has 1 aliphatic carbocycles. The highest BCUT2D eigenvalue weighted by molar-refractivity contribution is 5.08. The van der Waals surface area contributed by atoms with E-state index in [4.69, 9.17) is 0 Å². The average Bonchev–Trinajstić information content (AvgIpc) is 3.01. The summed E-state index contributed by atoms with van der Waals surface area (Å²) < 4.78 is 1.90. The van der Waals surface area contributed by atoms with Crippen molar-refractivity contribution >= 4 is 0 Å². The molecule has 1 fully saturated rings. The summed E-state index contributed by atoms with van der Waals surface area (Å²) in [7, 11) is 1.99. The summed E-state index contributed by atoms with van der Waals surface area (Å²) in [5.74, 6) is 0. The molecule has 0 spiro atoms. The largest absolute Gasteiger partial charge is 0.314 e. The van der Waals surface area contributed by atoms with Crippen LogP contribution in [-0.4, -0.2) is 22.4 Å². The molecule has 0 saturated heterocycles. The van der Waals surface area contributed by atoms with Crippen LogP contribution in [0.3, 0.4) is 0 Å². The molecule has 1 unspecified atom stereocenters. The number of nitrogens with one attached hydrogen (secondary N) is 1. The van der Waals surface area contributed by atoms with Crippen LogP contribution in [0.25, 0.3) is 0 Å². The fourth-order valence-electron chi connectivity index (χ4n) is 2.63. The molecular weight excluding hydrogens is 210 g/mol. The van der Waals surface area contributed by atoms with E-state index in [2.05, 4.69) is 30.5 Å². The Hall–Kier alpha value is -0.830. The Morgan fingerprint density at radius 3 is 2.82 bits per heavy atom. The first kappa shape index (κ1) is 12.6. The first-order valence-corrected chi connectivity index (χ1v) is 6.87. The Balaban J connectivity index is 1.81. The zero-order valence-corrected chi connectivity index (χ0v) is 11.4. The van der Waals surface area contributed by atoms with Crippen LogP contribution in [0, 0.1) is 5.41 Å². The van der Waals surface area contributed by atoms with Gasteiger partial charge in [-0.15, -0.1) is 0 Å². The minimum absolute atomic E-state index is 0.574. The third-order valence-electron chi connectivity index (χ3n) is 4.18. The fraction of sp³-hybridized carbons (Fsp3) is 0.786. The molecule has 1 atom stereocenters. The van der Waals surface area contributed by atoms with E-state index in [-0.39, 0.29) is 0 Å². The SMILES string of the molecule is CCCNC(C)C1(CCc2cnn(C)c2)CC1. The quantitative estimate of drug-likeness (QED) is 0.787. The average molecular weight is 235 g/mol. The van der Waals surface area contributed by atoms with Crippen molar-refractivity contribution in [1.29, 1.82) is 0 Å². The zero-order valence-electron chi connectivity index (χ0n) is 11.4. The molecule has 2 rings (SSSR count). The molecule has 3 heteroatoms. The molecule has 1 aliphatic rings. The van der Waals surface area contributed by atoms with Crippen LogP contribution in [0.15, 0.2) is 12.4 Å². The lowest BCUT2D eigenvalue weighted by molar-refractivity contribution is 0.331. The Bertz CT molecular complexity index is 352. The molecule has 96 valence electrons. The maximum Gasteiger partial charge on any atom is 0.0521 e. The molecule has 1 aromatic rings. The van der Waals surface area contributed by atoms with E-state index in [1.807, 2.05) is 17.9 Å². The van der Waals surface area contributed by atoms with Crippen LogP contribution >= 0.6 is 0 Å². The van der Waals surface area contributed by atoms with Crippen molar-refractivity contribution in [2.75, 3.05) is 6.54 Å². The second-order valence-corrected chi connectivity index (χ2v) is 5.56. The third kappa shape index (κ3) is 3.09.